The Balaban J connectivity index is 3.38. The lowest BCUT2D eigenvalue weighted by molar-refractivity contribution is 1.10. The van der Waals surface area contributed by atoms with Crippen LogP contribution in [0, 0.1) is 0 Å². The van der Waals surface area contributed by atoms with Crippen molar-refractivity contribution in [3.05, 3.63) is 41.1 Å². The van der Waals surface area contributed by atoms with E-state index in [-0.39, 0.29) is 5.56 Å². The summed E-state index contributed by atoms with van der Waals surface area (Å²) in [6, 6.07) is 0. The Kier molecular flexibility index (Phi) is 2.01. The quantitative estimate of drug-likeness (QED) is 0.681. The van der Waals surface area contributed by atoms with Gasteiger partial charge in [-0.3, -0.25) is 4.79 Å². The Bertz CT molecular complexity index is 338. The standard InChI is InChI=1S/C8H8N2O/c1-3-6-7(4-2)10-8(11)5-9-6/h3-5H,1-2H2,(H,10,11). The Hall–Kier alpha value is -1.64. The van der Waals surface area contributed by atoms with Gasteiger partial charge in [0.15, 0.2) is 0 Å². The molecule has 1 N–H and O–H groups in total. The van der Waals surface area contributed by atoms with Crippen molar-refractivity contribution in [2.24, 2.45) is 0 Å². The number of hydrogen-bond acceptors (Lipinski definition) is 2. The molecule has 0 saturated heterocycles. The Morgan fingerprint density at radius 1 is 1.45 bits per heavy atom. The fraction of sp³-hybridized carbons (Fsp3) is 0. The number of aromatic amines is 1. The number of rotatable bonds is 2. The minimum atomic E-state index is -0.231. The zero-order valence-corrected chi connectivity index (χ0v) is 6.00. The molecule has 0 aliphatic heterocycles. The van der Waals surface area contributed by atoms with Gasteiger partial charge in [0.2, 0.25) is 0 Å². The van der Waals surface area contributed by atoms with Gasteiger partial charge in [-0.05, 0) is 12.2 Å². The monoisotopic (exact) mass is 148 g/mol. The van der Waals surface area contributed by atoms with Gasteiger partial charge in [-0.1, -0.05) is 13.2 Å². The maximum atomic E-state index is 10.7. The van der Waals surface area contributed by atoms with Crippen LogP contribution >= 0.6 is 0 Å². The first-order valence-corrected chi connectivity index (χ1v) is 3.12. The molecule has 0 aliphatic carbocycles. The maximum absolute atomic E-state index is 10.7. The predicted molar refractivity (Wildman–Crippen MR) is 45.0 cm³/mol. The lowest BCUT2D eigenvalue weighted by Gasteiger charge is -1.95. The van der Waals surface area contributed by atoms with Crippen LogP contribution in [0.4, 0.5) is 0 Å². The van der Waals surface area contributed by atoms with Crippen molar-refractivity contribution in [1.82, 2.24) is 9.97 Å². The molecule has 0 aliphatic rings. The summed E-state index contributed by atoms with van der Waals surface area (Å²) in [7, 11) is 0. The molecule has 3 heteroatoms. The highest BCUT2D eigenvalue weighted by Gasteiger charge is 1.95. The van der Waals surface area contributed by atoms with E-state index < -0.39 is 0 Å². The summed E-state index contributed by atoms with van der Waals surface area (Å²) in [5, 5.41) is 0. The third-order valence-corrected chi connectivity index (χ3v) is 1.25. The summed E-state index contributed by atoms with van der Waals surface area (Å²) in [4.78, 5) is 17.1. The molecule has 0 unspecified atom stereocenters. The average molecular weight is 148 g/mol. The highest BCUT2D eigenvalue weighted by molar-refractivity contribution is 5.56. The van der Waals surface area contributed by atoms with E-state index in [2.05, 4.69) is 23.1 Å². The molecule has 3 nitrogen and oxygen atoms in total. The maximum Gasteiger partial charge on any atom is 0.266 e. The number of aromatic nitrogens is 2. The smallest absolute Gasteiger partial charge is 0.266 e. The third kappa shape index (κ3) is 1.43. The minimum absolute atomic E-state index is 0.231. The van der Waals surface area contributed by atoms with Gasteiger partial charge < -0.3 is 4.98 Å². The molecule has 0 radical (unpaired) electrons. The molecule has 11 heavy (non-hydrogen) atoms. The van der Waals surface area contributed by atoms with Crippen LogP contribution in [0.25, 0.3) is 12.2 Å². The molecule has 0 saturated carbocycles. The zero-order chi connectivity index (χ0) is 8.27. The molecule has 0 spiro atoms. The predicted octanol–water partition coefficient (Wildman–Crippen LogP) is 1.06. The summed E-state index contributed by atoms with van der Waals surface area (Å²) in [6.07, 6.45) is 4.31. The Morgan fingerprint density at radius 2 is 2.18 bits per heavy atom. The van der Waals surface area contributed by atoms with Crippen LogP contribution in [0.1, 0.15) is 11.4 Å². The van der Waals surface area contributed by atoms with Crippen molar-refractivity contribution in [3.8, 4) is 0 Å². The fourth-order valence-corrected chi connectivity index (χ4v) is 0.745. The van der Waals surface area contributed by atoms with Gasteiger partial charge in [0.1, 0.15) is 0 Å². The molecule has 1 rings (SSSR count). The van der Waals surface area contributed by atoms with E-state index in [1.807, 2.05) is 0 Å². The van der Waals surface area contributed by atoms with Crippen LogP contribution in [0.15, 0.2) is 24.1 Å². The van der Waals surface area contributed by atoms with E-state index >= 15 is 0 Å². The highest BCUT2D eigenvalue weighted by atomic mass is 16.1. The number of hydrogen-bond donors (Lipinski definition) is 1. The van der Waals surface area contributed by atoms with Crippen LogP contribution in [0.2, 0.25) is 0 Å². The van der Waals surface area contributed by atoms with Crippen LogP contribution < -0.4 is 5.56 Å². The van der Waals surface area contributed by atoms with E-state index in [0.29, 0.717) is 11.4 Å². The fourth-order valence-electron chi connectivity index (χ4n) is 0.745. The van der Waals surface area contributed by atoms with E-state index in [1.165, 1.54) is 12.3 Å². The number of nitrogens with one attached hydrogen (secondary N) is 1. The molecule has 1 aromatic heterocycles. The van der Waals surface area contributed by atoms with Crippen LogP contribution in [-0.4, -0.2) is 9.97 Å². The van der Waals surface area contributed by atoms with Gasteiger partial charge in [0.05, 0.1) is 17.6 Å². The number of nitrogens with zero attached hydrogens (tertiary/aromatic N) is 1. The van der Waals surface area contributed by atoms with Gasteiger partial charge >= 0.3 is 0 Å². The van der Waals surface area contributed by atoms with Gasteiger partial charge in [0.25, 0.3) is 5.56 Å². The molecule has 0 aromatic carbocycles. The van der Waals surface area contributed by atoms with Gasteiger partial charge in [-0.25, -0.2) is 4.98 Å². The first-order chi connectivity index (χ1) is 5.27. The highest BCUT2D eigenvalue weighted by Crippen LogP contribution is 2.01. The molecular weight excluding hydrogens is 140 g/mol. The largest absolute Gasteiger partial charge is 0.319 e. The molecule has 0 bridgehead atoms. The van der Waals surface area contributed by atoms with Crippen molar-refractivity contribution in [3.63, 3.8) is 0 Å². The van der Waals surface area contributed by atoms with E-state index in [1.54, 1.807) is 6.08 Å². The summed E-state index contributed by atoms with van der Waals surface area (Å²) >= 11 is 0. The lowest BCUT2D eigenvalue weighted by Crippen LogP contribution is -2.08. The normalized spacial score (nSPS) is 9.09. The average Bonchev–Trinajstić information content (AvgIpc) is 2.04. The van der Waals surface area contributed by atoms with Crippen LogP contribution in [0.5, 0.6) is 0 Å². The van der Waals surface area contributed by atoms with Crippen molar-refractivity contribution in [2.45, 2.75) is 0 Å². The summed E-state index contributed by atoms with van der Waals surface area (Å²) in [6.45, 7) is 7.06. The van der Waals surface area contributed by atoms with Crippen LogP contribution in [-0.2, 0) is 0 Å². The first-order valence-electron chi connectivity index (χ1n) is 3.12. The molecular formula is C8H8N2O. The summed E-state index contributed by atoms with van der Waals surface area (Å²) in [5.74, 6) is 0. The second-order valence-electron chi connectivity index (χ2n) is 1.95. The number of H-pyrrole nitrogens is 1. The molecule has 0 atom stereocenters. The van der Waals surface area contributed by atoms with Crippen molar-refractivity contribution >= 4 is 12.2 Å². The molecule has 56 valence electrons. The minimum Gasteiger partial charge on any atom is -0.319 e. The third-order valence-electron chi connectivity index (χ3n) is 1.25. The summed E-state index contributed by atoms with van der Waals surface area (Å²) < 4.78 is 0. The Labute approximate surface area is 64.1 Å². The summed E-state index contributed by atoms with van der Waals surface area (Å²) in [5.41, 5.74) is 1.01. The second kappa shape index (κ2) is 2.96. The molecule has 0 amide bonds. The zero-order valence-electron chi connectivity index (χ0n) is 6.00. The van der Waals surface area contributed by atoms with Crippen molar-refractivity contribution in [2.75, 3.05) is 0 Å². The van der Waals surface area contributed by atoms with E-state index in [9.17, 15) is 4.79 Å². The molecule has 1 heterocycles. The Morgan fingerprint density at radius 3 is 2.73 bits per heavy atom. The van der Waals surface area contributed by atoms with E-state index in [4.69, 9.17) is 0 Å². The SMILES string of the molecule is C=Cc1ncc(=O)[nH]c1C=C. The van der Waals surface area contributed by atoms with Gasteiger partial charge in [-0.15, -0.1) is 0 Å². The van der Waals surface area contributed by atoms with Crippen molar-refractivity contribution < 1.29 is 0 Å². The van der Waals surface area contributed by atoms with Gasteiger partial charge in [0, 0.05) is 0 Å². The molecule has 0 fully saturated rings. The second-order valence-corrected chi connectivity index (χ2v) is 1.95. The topological polar surface area (TPSA) is 45.8 Å². The van der Waals surface area contributed by atoms with Crippen LogP contribution in [0.3, 0.4) is 0 Å². The van der Waals surface area contributed by atoms with E-state index in [0.717, 1.165) is 0 Å². The lowest BCUT2D eigenvalue weighted by atomic mass is 10.3. The molecule has 1 aromatic rings. The van der Waals surface area contributed by atoms with Gasteiger partial charge in [-0.2, -0.15) is 0 Å². The van der Waals surface area contributed by atoms with Crippen molar-refractivity contribution in [1.29, 1.82) is 0 Å². The first kappa shape index (κ1) is 7.47.